The molecule has 108 valence electrons. The number of nitrogen functional groups attached to an aromatic ring is 1. The Kier molecular flexibility index (Phi) is 5.35. The molecule has 1 heterocycles. The lowest BCUT2D eigenvalue weighted by molar-refractivity contribution is 0.254. The van der Waals surface area contributed by atoms with Crippen molar-refractivity contribution in [1.82, 2.24) is 14.9 Å². The van der Waals surface area contributed by atoms with Crippen molar-refractivity contribution >= 4 is 17.6 Å². The monoisotopic (exact) mass is 266 g/mol. The maximum Gasteiger partial charge on any atom is 0.223 e. The summed E-state index contributed by atoms with van der Waals surface area (Å²) in [5.41, 5.74) is 5.85. The molecule has 0 bridgehead atoms. The zero-order chi connectivity index (χ0) is 14.5. The molecule has 0 aliphatic rings. The van der Waals surface area contributed by atoms with Gasteiger partial charge in [0, 0.05) is 25.7 Å². The van der Waals surface area contributed by atoms with Crippen molar-refractivity contribution in [1.29, 1.82) is 0 Å². The summed E-state index contributed by atoms with van der Waals surface area (Å²) >= 11 is 0. The normalized spacial score (nSPS) is 11.7. The Labute approximate surface area is 115 Å². The molecule has 0 radical (unpaired) electrons. The predicted molar refractivity (Wildman–Crippen MR) is 81.4 cm³/mol. The number of nitrogens with zero attached hydrogens (tertiary/aromatic N) is 3. The van der Waals surface area contributed by atoms with Crippen LogP contribution in [0.3, 0.4) is 0 Å². The van der Waals surface area contributed by atoms with Gasteiger partial charge in [-0.15, -0.1) is 0 Å². The topological polar surface area (TPSA) is 79.1 Å². The molecule has 6 nitrogen and oxygen atoms in total. The van der Waals surface area contributed by atoms with Gasteiger partial charge in [0.1, 0.15) is 11.6 Å². The first-order valence-corrected chi connectivity index (χ1v) is 6.59. The standard InChI is InChI=1S/C13H26N6/c1-6-15-10-7-11(18-12(14)17-10)16-8-13(2,3)9-19(4)5/h7H,6,8-9H2,1-5H3,(H4,14,15,16,17,18). The van der Waals surface area contributed by atoms with Crippen molar-refractivity contribution < 1.29 is 0 Å². The molecule has 0 aromatic carbocycles. The lowest BCUT2D eigenvalue weighted by Crippen LogP contribution is -2.34. The molecule has 0 spiro atoms. The van der Waals surface area contributed by atoms with Crippen molar-refractivity contribution in [3.63, 3.8) is 0 Å². The summed E-state index contributed by atoms with van der Waals surface area (Å²) in [6.07, 6.45) is 0. The summed E-state index contributed by atoms with van der Waals surface area (Å²) in [5.74, 6) is 1.80. The van der Waals surface area contributed by atoms with Crippen molar-refractivity contribution in [2.45, 2.75) is 20.8 Å². The summed E-state index contributed by atoms with van der Waals surface area (Å²) in [6, 6.07) is 1.88. The fourth-order valence-corrected chi connectivity index (χ4v) is 2.07. The number of aromatic nitrogens is 2. The lowest BCUT2D eigenvalue weighted by Gasteiger charge is -2.28. The highest BCUT2D eigenvalue weighted by atomic mass is 15.1. The fourth-order valence-electron chi connectivity index (χ4n) is 2.07. The molecule has 0 atom stereocenters. The first-order valence-electron chi connectivity index (χ1n) is 6.59. The third-order valence-corrected chi connectivity index (χ3v) is 2.59. The highest BCUT2D eigenvalue weighted by Crippen LogP contribution is 2.18. The van der Waals surface area contributed by atoms with Crippen molar-refractivity contribution in [3.8, 4) is 0 Å². The highest BCUT2D eigenvalue weighted by molar-refractivity contribution is 5.51. The SMILES string of the molecule is CCNc1cc(NCC(C)(C)CN(C)C)nc(N)n1. The molecule has 19 heavy (non-hydrogen) atoms. The Morgan fingerprint density at radius 2 is 1.79 bits per heavy atom. The van der Waals surface area contributed by atoms with Gasteiger partial charge in [0.2, 0.25) is 5.95 Å². The summed E-state index contributed by atoms with van der Waals surface area (Å²) in [4.78, 5) is 10.5. The third-order valence-electron chi connectivity index (χ3n) is 2.59. The molecule has 0 amide bonds. The number of anilines is 3. The van der Waals surface area contributed by atoms with E-state index in [-0.39, 0.29) is 11.4 Å². The van der Waals surface area contributed by atoms with Crippen LogP contribution in [0.15, 0.2) is 6.07 Å². The number of nitrogens with one attached hydrogen (secondary N) is 2. The average Bonchev–Trinajstić information content (AvgIpc) is 2.24. The zero-order valence-corrected chi connectivity index (χ0v) is 12.6. The quantitative estimate of drug-likeness (QED) is 0.694. The molecule has 6 heteroatoms. The summed E-state index contributed by atoms with van der Waals surface area (Å²) in [6.45, 7) is 9.09. The second-order valence-electron chi connectivity index (χ2n) is 5.78. The van der Waals surface area contributed by atoms with Crippen LogP contribution < -0.4 is 16.4 Å². The molecule has 4 N–H and O–H groups in total. The van der Waals surface area contributed by atoms with Gasteiger partial charge in [-0.25, -0.2) is 0 Å². The molecular formula is C13H26N6. The molecule has 0 aliphatic carbocycles. The predicted octanol–water partition coefficient (Wildman–Crippen LogP) is 1.49. The Balaban J connectivity index is 2.66. The first kappa shape index (κ1) is 15.5. The molecule has 0 saturated carbocycles. The van der Waals surface area contributed by atoms with Gasteiger partial charge in [0.25, 0.3) is 0 Å². The molecule has 1 aromatic rings. The van der Waals surface area contributed by atoms with Gasteiger partial charge in [0.15, 0.2) is 0 Å². The highest BCUT2D eigenvalue weighted by Gasteiger charge is 2.18. The van der Waals surface area contributed by atoms with Crippen LogP contribution in [0, 0.1) is 5.41 Å². The van der Waals surface area contributed by atoms with Crippen LogP contribution in [-0.4, -0.2) is 48.6 Å². The second kappa shape index (κ2) is 6.56. The van der Waals surface area contributed by atoms with Gasteiger partial charge in [-0.1, -0.05) is 13.8 Å². The van der Waals surface area contributed by atoms with E-state index < -0.39 is 0 Å². The van der Waals surface area contributed by atoms with E-state index in [1.54, 1.807) is 0 Å². The van der Waals surface area contributed by atoms with E-state index in [1.807, 2.05) is 13.0 Å². The van der Waals surface area contributed by atoms with Crippen molar-refractivity contribution in [3.05, 3.63) is 6.07 Å². The van der Waals surface area contributed by atoms with E-state index in [0.717, 1.165) is 31.3 Å². The smallest absolute Gasteiger partial charge is 0.223 e. The summed E-state index contributed by atoms with van der Waals surface area (Å²) in [7, 11) is 4.15. The van der Waals surface area contributed by atoms with E-state index in [1.165, 1.54) is 0 Å². The van der Waals surface area contributed by atoms with Crippen LogP contribution in [0.1, 0.15) is 20.8 Å². The molecule has 1 rings (SSSR count). The maximum absolute atomic E-state index is 5.70. The number of nitrogens with two attached hydrogens (primary N) is 1. The first-order chi connectivity index (χ1) is 8.82. The zero-order valence-electron chi connectivity index (χ0n) is 12.6. The van der Waals surface area contributed by atoms with Gasteiger partial charge in [-0.2, -0.15) is 9.97 Å². The van der Waals surface area contributed by atoms with Crippen molar-refractivity contribution in [2.24, 2.45) is 5.41 Å². The van der Waals surface area contributed by atoms with E-state index in [2.05, 4.69) is 53.4 Å². The van der Waals surface area contributed by atoms with E-state index >= 15 is 0 Å². The van der Waals surface area contributed by atoms with Crippen molar-refractivity contribution in [2.75, 3.05) is 50.1 Å². The van der Waals surface area contributed by atoms with Crippen LogP contribution in [0.2, 0.25) is 0 Å². The van der Waals surface area contributed by atoms with Crippen LogP contribution in [-0.2, 0) is 0 Å². The molecule has 0 fully saturated rings. The van der Waals surface area contributed by atoms with E-state index in [9.17, 15) is 0 Å². The molecular weight excluding hydrogens is 240 g/mol. The number of hydrogen-bond donors (Lipinski definition) is 3. The molecule has 0 aliphatic heterocycles. The number of rotatable bonds is 7. The van der Waals surface area contributed by atoms with Gasteiger partial charge in [-0.05, 0) is 26.4 Å². The Hall–Kier alpha value is -1.56. The van der Waals surface area contributed by atoms with Crippen LogP contribution in [0.5, 0.6) is 0 Å². The van der Waals surface area contributed by atoms with Gasteiger partial charge in [0.05, 0.1) is 0 Å². The van der Waals surface area contributed by atoms with E-state index in [4.69, 9.17) is 5.73 Å². The summed E-state index contributed by atoms with van der Waals surface area (Å²) in [5, 5.41) is 6.47. The van der Waals surface area contributed by atoms with Gasteiger partial charge >= 0.3 is 0 Å². The Morgan fingerprint density at radius 3 is 2.32 bits per heavy atom. The molecule has 0 saturated heterocycles. The minimum absolute atomic E-state index is 0.154. The minimum Gasteiger partial charge on any atom is -0.370 e. The number of hydrogen-bond acceptors (Lipinski definition) is 6. The Morgan fingerprint density at radius 1 is 1.21 bits per heavy atom. The second-order valence-corrected chi connectivity index (χ2v) is 5.78. The largest absolute Gasteiger partial charge is 0.370 e. The van der Waals surface area contributed by atoms with Crippen LogP contribution >= 0.6 is 0 Å². The fraction of sp³-hybridized carbons (Fsp3) is 0.692. The van der Waals surface area contributed by atoms with Gasteiger partial charge in [-0.3, -0.25) is 0 Å². The third kappa shape index (κ3) is 5.74. The Bertz CT molecular complexity index is 402. The summed E-state index contributed by atoms with van der Waals surface area (Å²) < 4.78 is 0. The molecule has 1 aromatic heterocycles. The van der Waals surface area contributed by atoms with Crippen LogP contribution in [0.4, 0.5) is 17.6 Å². The maximum atomic E-state index is 5.70. The average molecular weight is 266 g/mol. The lowest BCUT2D eigenvalue weighted by atomic mass is 9.93. The van der Waals surface area contributed by atoms with Gasteiger partial charge < -0.3 is 21.3 Å². The van der Waals surface area contributed by atoms with Crippen LogP contribution in [0.25, 0.3) is 0 Å². The minimum atomic E-state index is 0.154. The molecule has 0 unspecified atom stereocenters. The van der Waals surface area contributed by atoms with E-state index in [0.29, 0.717) is 0 Å².